The Morgan fingerprint density at radius 3 is 2.67 bits per heavy atom. The average Bonchev–Trinajstić information content (AvgIpc) is 2.32. The third-order valence-electron chi connectivity index (χ3n) is 2.33. The molecule has 0 aliphatic heterocycles. The van der Waals surface area contributed by atoms with Gasteiger partial charge in [-0.15, -0.1) is 0 Å². The van der Waals surface area contributed by atoms with Gasteiger partial charge in [0, 0.05) is 11.8 Å². The van der Waals surface area contributed by atoms with E-state index >= 15 is 0 Å². The second kappa shape index (κ2) is 5.00. The van der Waals surface area contributed by atoms with Gasteiger partial charge in [-0.25, -0.2) is 18.7 Å². The first-order valence-corrected chi connectivity index (χ1v) is 5.33. The highest BCUT2D eigenvalue weighted by atomic mass is 19.2. The number of carbonyl (C=O) groups is 1. The molecule has 0 atom stereocenters. The van der Waals surface area contributed by atoms with Crippen LogP contribution in [0.25, 0.3) is 11.3 Å². The number of rotatable bonds is 3. The van der Waals surface area contributed by atoms with Crippen LogP contribution < -0.4 is 0 Å². The molecule has 0 aliphatic carbocycles. The molecule has 0 saturated carbocycles. The second-order valence-electron chi connectivity index (χ2n) is 3.87. The average molecular weight is 248 g/mol. The van der Waals surface area contributed by atoms with Crippen molar-refractivity contribution in [1.82, 2.24) is 9.97 Å². The molecule has 0 saturated heterocycles. The molecule has 0 unspecified atom stereocenters. The third kappa shape index (κ3) is 2.74. The van der Waals surface area contributed by atoms with E-state index in [9.17, 15) is 13.6 Å². The summed E-state index contributed by atoms with van der Waals surface area (Å²) in [5.41, 5.74) is 0.904. The molecular weight excluding hydrogens is 238 g/mol. The zero-order valence-corrected chi connectivity index (χ0v) is 9.65. The van der Waals surface area contributed by atoms with E-state index in [1.165, 1.54) is 19.2 Å². The van der Waals surface area contributed by atoms with E-state index < -0.39 is 11.6 Å². The highest BCUT2D eigenvalue weighted by Crippen LogP contribution is 2.19. The fourth-order valence-corrected chi connectivity index (χ4v) is 1.52. The van der Waals surface area contributed by atoms with Crippen LogP contribution in [0.5, 0.6) is 0 Å². The van der Waals surface area contributed by atoms with Gasteiger partial charge in [0.05, 0.1) is 12.1 Å². The van der Waals surface area contributed by atoms with E-state index in [2.05, 4.69) is 9.97 Å². The molecule has 92 valence electrons. The number of benzene rings is 1. The van der Waals surface area contributed by atoms with Crippen LogP contribution in [0, 0.1) is 11.6 Å². The Kier molecular flexibility index (Phi) is 3.41. The molecule has 1 aromatic heterocycles. The zero-order valence-electron chi connectivity index (χ0n) is 9.65. The van der Waals surface area contributed by atoms with Gasteiger partial charge >= 0.3 is 0 Å². The topological polar surface area (TPSA) is 42.9 Å². The number of Topliss-reactive ketones (excluding diaryl/α,β-unsaturated/α-hetero) is 1. The minimum absolute atomic E-state index is 0.0579. The standard InChI is InChI=1S/C13H10F2N2O/c1-8(18)6-13-16-5-4-12(17-13)9-2-3-10(14)11(15)7-9/h2-5,7H,6H2,1H3. The highest BCUT2D eigenvalue weighted by Gasteiger charge is 2.07. The third-order valence-corrected chi connectivity index (χ3v) is 2.33. The van der Waals surface area contributed by atoms with Gasteiger partial charge in [0.25, 0.3) is 0 Å². The van der Waals surface area contributed by atoms with Crippen LogP contribution in [0.15, 0.2) is 30.5 Å². The van der Waals surface area contributed by atoms with E-state index in [0.29, 0.717) is 17.1 Å². The SMILES string of the molecule is CC(=O)Cc1nccc(-c2ccc(F)c(F)c2)n1. The fraction of sp³-hybridized carbons (Fsp3) is 0.154. The lowest BCUT2D eigenvalue weighted by atomic mass is 10.1. The van der Waals surface area contributed by atoms with Gasteiger partial charge in [-0.05, 0) is 31.2 Å². The normalized spacial score (nSPS) is 10.4. The van der Waals surface area contributed by atoms with Gasteiger partial charge in [-0.3, -0.25) is 4.79 Å². The van der Waals surface area contributed by atoms with Gasteiger partial charge in [-0.1, -0.05) is 0 Å². The van der Waals surface area contributed by atoms with Crippen molar-refractivity contribution >= 4 is 5.78 Å². The van der Waals surface area contributed by atoms with Crippen LogP contribution >= 0.6 is 0 Å². The first-order valence-electron chi connectivity index (χ1n) is 5.33. The Balaban J connectivity index is 2.38. The summed E-state index contributed by atoms with van der Waals surface area (Å²) >= 11 is 0. The largest absolute Gasteiger partial charge is 0.300 e. The number of ketones is 1. The number of hydrogen-bond donors (Lipinski definition) is 0. The van der Waals surface area contributed by atoms with E-state index in [-0.39, 0.29) is 12.2 Å². The molecule has 0 bridgehead atoms. The number of aromatic nitrogens is 2. The minimum atomic E-state index is -0.931. The lowest BCUT2D eigenvalue weighted by Crippen LogP contribution is -2.02. The van der Waals surface area contributed by atoms with Crippen LogP contribution in [-0.2, 0) is 11.2 Å². The molecule has 0 radical (unpaired) electrons. The van der Waals surface area contributed by atoms with E-state index in [4.69, 9.17) is 0 Å². The van der Waals surface area contributed by atoms with Gasteiger partial charge in [0.15, 0.2) is 11.6 Å². The van der Waals surface area contributed by atoms with E-state index in [1.54, 1.807) is 6.07 Å². The van der Waals surface area contributed by atoms with Gasteiger partial charge in [-0.2, -0.15) is 0 Å². The van der Waals surface area contributed by atoms with E-state index in [0.717, 1.165) is 12.1 Å². The molecule has 0 amide bonds. The molecule has 0 fully saturated rings. The number of nitrogens with zero attached hydrogens (tertiary/aromatic N) is 2. The molecule has 1 aromatic carbocycles. The molecule has 0 aliphatic rings. The summed E-state index contributed by atoms with van der Waals surface area (Å²) in [6.45, 7) is 1.44. The lowest BCUT2D eigenvalue weighted by Gasteiger charge is -2.03. The Hall–Kier alpha value is -2.17. The number of halogens is 2. The molecule has 2 aromatic rings. The quantitative estimate of drug-likeness (QED) is 0.838. The Morgan fingerprint density at radius 2 is 2.00 bits per heavy atom. The summed E-state index contributed by atoms with van der Waals surface area (Å²) in [4.78, 5) is 19.0. The van der Waals surface area contributed by atoms with Crippen LogP contribution in [-0.4, -0.2) is 15.8 Å². The van der Waals surface area contributed by atoms with Crippen LogP contribution in [0.4, 0.5) is 8.78 Å². The first-order chi connectivity index (χ1) is 8.56. The Labute approximate surface area is 103 Å². The van der Waals surface area contributed by atoms with Gasteiger partial charge in [0.2, 0.25) is 0 Å². The molecule has 3 nitrogen and oxygen atoms in total. The molecule has 5 heteroatoms. The monoisotopic (exact) mass is 248 g/mol. The van der Waals surface area contributed by atoms with Crippen molar-refractivity contribution in [2.24, 2.45) is 0 Å². The molecule has 1 heterocycles. The molecule has 18 heavy (non-hydrogen) atoms. The molecule has 0 N–H and O–H groups in total. The summed E-state index contributed by atoms with van der Waals surface area (Å²) in [6.07, 6.45) is 1.61. The van der Waals surface area contributed by atoms with Crippen LogP contribution in [0.3, 0.4) is 0 Å². The summed E-state index contributed by atoms with van der Waals surface area (Å²) in [5, 5.41) is 0. The summed E-state index contributed by atoms with van der Waals surface area (Å²) in [6, 6.07) is 5.11. The van der Waals surface area contributed by atoms with E-state index in [1.807, 2.05) is 0 Å². The van der Waals surface area contributed by atoms with Crippen molar-refractivity contribution in [2.45, 2.75) is 13.3 Å². The predicted molar refractivity (Wildman–Crippen MR) is 61.8 cm³/mol. The highest BCUT2D eigenvalue weighted by molar-refractivity contribution is 5.77. The summed E-state index contributed by atoms with van der Waals surface area (Å²) < 4.78 is 25.9. The minimum Gasteiger partial charge on any atom is -0.300 e. The Morgan fingerprint density at radius 1 is 1.22 bits per heavy atom. The molecular formula is C13H10F2N2O. The van der Waals surface area contributed by atoms with Crippen molar-refractivity contribution in [2.75, 3.05) is 0 Å². The predicted octanol–water partition coefficient (Wildman–Crippen LogP) is 2.55. The van der Waals surface area contributed by atoms with Crippen molar-refractivity contribution in [3.63, 3.8) is 0 Å². The maximum atomic E-state index is 13.1. The van der Waals surface area contributed by atoms with Crippen molar-refractivity contribution in [1.29, 1.82) is 0 Å². The summed E-state index contributed by atoms with van der Waals surface area (Å²) in [7, 11) is 0. The Bertz CT molecular complexity index is 599. The second-order valence-corrected chi connectivity index (χ2v) is 3.87. The smallest absolute Gasteiger partial charge is 0.159 e. The maximum absolute atomic E-state index is 13.1. The fourth-order valence-electron chi connectivity index (χ4n) is 1.52. The van der Waals surface area contributed by atoms with Gasteiger partial charge < -0.3 is 0 Å². The van der Waals surface area contributed by atoms with Crippen molar-refractivity contribution in [3.8, 4) is 11.3 Å². The van der Waals surface area contributed by atoms with Crippen LogP contribution in [0.1, 0.15) is 12.7 Å². The van der Waals surface area contributed by atoms with Crippen LogP contribution in [0.2, 0.25) is 0 Å². The van der Waals surface area contributed by atoms with Crippen molar-refractivity contribution < 1.29 is 13.6 Å². The molecule has 2 rings (SSSR count). The van der Waals surface area contributed by atoms with Gasteiger partial charge in [0.1, 0.15) is 11.6 Å². The first kappa shape index (κ1) is 12.3. The zero-order chi connectivity index (χ0) is 13.1. The maximum Gasteiger partial charge on any atom is 0.159 e. The van der Waals surface area contributed by atoms with Crippen molar-refractivity contribution in [3.05, 3.63) is 47.9 Å². The summed E-state index contributed by atoms with van der Waals surface area (Å²) in [5.74, 6) is -1.53. The number of carbonyl (C=O) groups excluding carboxylic acids is 1. The molecule has 0 spiro atoms. The number of hydrogen-bond acceptors (Lipinski definition) is 3. The lowest BCUT2D eigenvalue weighted by molar-refractivity contribution is -0.116.